The molecule has 1 saturated heterocycles. The van der Waals surface area contributed by atoms with Gasteiger partial charge in [-0.3, -0.25) is 4.79 Å². The van der Waals surface area contributed by atoms with Crippen molar-refractivity contribution in [1.82, 2.24) is 4.90 Å². The molecule has 0 aliphatic carbocycles. The van der Waals surface area contributed by atoms with E-state index in [1.807, 2.05) is 4.90 Å². The molecular weight excluding hydrogens is 270 g/mol. The molecular formula is C12H23NO5S. The molecule has 1 rings (SSSR count). The summed E-state index contributed by atoms with van der Waals surface area (Å²) in [4.78, 5) is 13.5. The fraction of sp³-hybridized carbons (Fsp3) is 0.917. The maximum Gasteiger partial charge on any atom is 0.311 e. The van der Waals surface area contributed by atoms with E-state index in [4.69, 9.17) is 4.74 Å². The molecule has 6 nitrogen and oxygen atoms in total. The molecule has 0 aromatic heterocycles. The van der Waals surface area contributed by atoms with Gasteiger partial charge in [0.15, 0.2) is 0 Å². The van der Waals surface area contributed by atoms with Crippen molar-refractivity contribution in [2.45, 2.75) is 19.3 Å². The Morgan fingerprint density at radius 1 is 1.47 bits per heavy atom. The number of rotatable bonds is 7. The van der Waals surface area contributed by atoms with Crippen LogP contribution in [0.3, 0.4) is 0 Å². The number of piperidine rings is 1. The Labute approximate surface area is 114 Å². The number of nitrogens with zero attached hydrogens (tertiary/aromatic N) is 1. The van der Waals surface area contributed by atoms with Crippen molar-refractivity contribution < 1.29 is 23.1 Å². The van der Waals surface area contributed by atoms with Gasteiger partial charge in [-0.15, -0.1) is 0 Å². The molecule has 1 aliphatic heterocycles. The Hall–Kier alpha value is -0.660. The van der Waals surface area contributed by atoms with Crippen LogP contribution in [0.25, 0.3) is 0 Å². The van der Waals surface area contributed by atoms with Gasteiger partial charge in [-0.05, 0) is 25.8 Å². The first-order valence-corrected chi connectivity index (χ1v) is 8.47. The minimum atomic E-state index is -3.01. The first-order chi connectivity index (χ1) is 8.79. The summed E-state index contributed by atoms with van der Waals surface area (Å²) in [7, 11) is -1.46. The van der Waals surface area contributed by atoms with Gasteiger partial charge in [0.2, 0.25) is 0 Å². The zero-order valence-electron chi connectivity index (χ0n) is 11.6. The Bertz CT molecular complexity index is 408. The van der Waals surface area contributed by atoms with Gasteiger partial charge in [-0.1, -0.05) is 0 Å². The monoisotopic (exact) mass is 293 g/mol. The number of carboxylic acids is 1. The highest BCUT2D eigenvalue weighted by Crippen LogP contribution is 2.33. The molecule has 112 valence electrons. The number of carboxylic acid groups (broad SMARTS) is 1. The van der Waals surface area contributed by atoms with Crippen molar-refractivity contribution in [3.8, 4) is 0 Å². The standard InChI is InChI=1S/C12H23NO5S/c1-18-8-5-12(11(14)15)4-3-6-13(10-12)7-9-19(2,16)17/h3-10H2,1-2H3,(H,14,15). The maximum absolute atomic E-state index is 11.5. The average Bonchev–Trinajstić information content (AvgIpc) is 2.33. The summed E-state index contributed by atoms with van der Waals surface area (Å²) in [6.07, 6.45) is 3.07. The van der Waals surface area contributed by atoms with Crippen LogP contribution in [0.15, 0.2) is 0 Å². The van der Waals surface area contributed by atoms with Crippen LogP contribution in [0.4, 0.5) is 0 Å². The molecule has 1 fully saturated rings. The van der Waals surface area contributed by atoms with Gasteiger partial charge in [-0.25, -0.2) is 8.42 Å². The van der Waals surface area contributed by atoms with Crippen molar-refractivity contribution in [3.05, 3.63) is 0 Å². The second kappa shape index (κ2) is 6.67. The Kier molecular flexibility index (Phi) is 5.76. The number of hydrogen-bond acceptors (Lipinski definition) is 5. The lowest BCUT2D eigenvalue weighted by molar-refractivity contribution is -0.154. The number of likely N-dealkylation sites (tertiary alicyclic amines) is 1. The van der Waals surface area contributed by atoms with Crippen molar-refractivity contribution >= 4 is 15.8 Å². The van der Waals surface area contributed by atoms with Crippen LogP contribution in [0, 0.1) is 5.41 Å². The first-order valence-electron chi connectivity index (χ1n) is 6.41. The quantitative estimate of drug-likeness (QED) is 0.723. The third kappa shape index (κ3) is 5.08. The number of carbonyl (C=O) groups is 1. The highest BCUT2D eigenvalue weighted by Gasteiger charge is 2.41. The zero-order chi connectivity index (χ0) is 14.5. The number of sulfone groups is 1. The number of methoxy groups -OCH3 is 1. The molecule has 1 heterocycles. The van der Waals surface area contributed by atoms with Crippen molar-refractivity contribution in [2.75, 3.05) is 45.4 Å². The SMILES string of the molecule is COCCC1(C(=O)O)CCCN(CCS(C)(=O)=O)C1. The number of ether oxygens (including phenoxy) is 1. The van der Waals surface area contributed by atoms with Gasteiger partial charge < -0.3 is 14.7 Å². The molecule has 7 heteroatoms. The Morgan fingerprint density at radius 2 is 2.16 bits per heavy atom. The first kappa shape index (κ1) is 16.4. The molecule has 0 aromatic rings. The lowest BCUT2D eigenvalue weighted by Crippen LogP contribution is -2.49. The summed E-state index contributed by atoms with van der Waals surface area (Å²) >= 11 is 0. The smallest absolute Gasteiger partial charge is 0.311 e. The lowest BCUT2D eigenvalue weighted by Gasteiger charge is -2.39. The highest BCUT2D eigenvalue weighted by atomic mass is 32.2. The van der Waals surface area contributed by atoms with Crippen LogP contribution >= 0.6 is 0 Å². The lowest BCUT2D eigenvalue weighted by atomic mass is 9.77. The van der Waals surface area contributed by atoms with E-state index in [1.54, 1.807) is 7.11 Å². The van der Waals surface area contributed by atoms with Gasteiger partial charge in [-0.2, -0.15) is 0 Å². The largest absolute Gasteiger partial charge is 0.481 e. The predicted molar refractivity (Wildman–Crippen MR) is 71.9 cm³/mol. The molecule has 0 bridgehead atoms. The zero-order valence-corrected chi connectivity index (χ0v) is 12.4. The second-order valence-electron chi connectivity index (χ2n) is 5.34. The van der Waals surface area contributed by atoms with E-state index in [1.165, 1.54) is 6.26 Å². The minimum absolute atomic E-state index is 0.0764. The molecule has 0 amide bonds. The summed E-state index contributed by atoms with van der Waals surface area (Å²) in [6.45, 7) is 1.98. The van der Waals surface area contributed by atoms with Crippen molar-refractivity contribution in [3.63, 3.8) is 0 Å². The van der Waals surface area contributed by atoms with E-state index >= 15 is 0 Å². The molecule has 0 aromatic carbocycles. The van der Waals surface area contributed by atoms with Crippen LogP contribution in [-0.2, 0) is 19.4 Å². The van der Waals surface area contributed by atoms with E-state index in [2.05, 4.69) is 0 Å². The molecule has 0 radical (unpaired) electrons. The summed E-state index contributed by atoms with van der Waals surface area (Å²) in [6, 6.07) is 0. The normalized spacial score (nSPS) is 25.4. The van der Waals surface area contributed by atoms with Crippen LogP contribution < -0.4 is 0 Å². The molecule has 19 heavy (non-hydrogen) atoms. The van der Waals surface area contributed by atoms with Gasteiger partial charge in [0.05, 0.1) is 11.2 Å². The predicted octanol–water partition coefficient (Wildman–Crippen LogP) is 0.234. The van der Waals surface area contributed by atoms with E-state index in [9.17, 15) is 18.3 Å². The topological polar surface area (TPSA) is 83.9 Å². The molecule has 1 unspecified atom stereocenters. The number of hydrogen-bond donors (Lipinski definition) is 1. The van der Waals surface area contributed by atoms with Crippen LogP contribution in [0.1, 0.15) is 19.3 Å². The minimum Gasteiger partial charge on any atom is -0.481 e. The fourth-order valence-electron chi connectivity index (χ4n) is 2.50. The van der Waals surface area contributed by atoms with Gasteiger partial charge in [0, 0.05) is 33.1 Å². The summed E-state index contributed by atoms with van der Waals surface area (Å²) < 4.78 is 27.3. The third-order valence-corrected chi connectivity index (χ3v) is 4.60. The van der Waals surface area contributed by atoms with Crippen LogP contribution in [0.2, 0.25) is 0 Å². The highest BCUT2D eigenvalue weighted by molar-refractivity contribution is 7.90. The number of aliphatic carboxylic acids is 1. The van der Waals surface area contributed by atoms with E-state index in [0.717, 1.165) is 13.0 Å². The van der Waals surface area contributed by atoms with Crippen molar-refractivity contribution in [1.29, 1.82) is 0 Å². The Balaban J connectivity index is 2.66. The summed E-state index contributed by atoms with van der Waals surface area (Å²) in [5, 5.41) is 9.46. The van der Waals surface area contributed by atoms with Crippen LogP contribution in [0.5, 0.6) is 0 Å². The molecule has 0 saturated carbocycles. The molecule has 1 aliphatic rings. The van der Waals surface area contributed by atoms with E-state index in [-0.39, 0.29) is 5.75 Å². The van der Waals surface area contributed by atoms with E-state index < -0.39 is 21.2 Å². The van der Waals surface area contributed by atoms with Crippen molar-refractivity contribution in [2.24, 2.45) is 5.41 Å². The second-order valence-corrected chi connectivity index (χ2v) is 7.60. The molecule has 1 N–H and O–H groups in total. The molecule has 0 spiro atoms. The Morgan fingerprint density at radius 3 is 2.68 bits per heavy atom. The average molecular weight is 293 g/mol. The maximum atomic E-state index is 11.5. The third-order valence-electron chi connectivity index (χ3n) is 3.67. The van der Waals surface area contributed by atoms with E-state index in [0.29, 0.717) is 32.5 Å². The fourth-order valence-corrected chi connectivity index (χ4v) is 3.09. The summed E-state index contributed by atoms with van der Waals surface area (Å²) in [5.74, 6) is -0.735. The summed E-state index contributed by atoms with van der Waals surface area (Å²) in [5.41, 5.74) is -0.800. The van der Waals surface area contributed by atoms with Gasteiger partial charge in [0.1, 0.15) is 9.84 Å². The van der Waals surface area contributed by atoms with Crippen LogP contribution in [-0.4, -0.2) is 69.8 Å². The van der Waals surface area contributed by atoms with Gasteiger partial charge in [0.25, 0.3) is 0 Å². The molecule has 1 atom stereocenters. The van der Waals surface area contributed by atoms with Gasteiger partial charge >= 0.3 is 5.97 Å².